The summed E-state index contributed by atoms with van der Waals surface area (Å²) in [6, 6.07) is 0. The van der Waals surface area contributed by atoms with Crippen LogP contribution in [0.1, 0.15) is 26.2 Å². The van der Waals surface area contributed by atoms with Gasteiger partial charge < -0.3 is 5.11 Å². The molecule has 0 spiro atoms. The third-order valence-corrected chi connectivity index (χ3v) is 1.86. The molecule has 2 heteroatoms. The Kier molecular flexibility index (Phi) is 2.83. The summed E-state index contributed by atoms with van der Waals surface area (Å²) in [7, 11) is 0. The van der Waals surface area contributed by atoms with Gasteiger partial charge in [-0.05, 0) is 19.8 Å². The first-order chi connectivity index (χ1) is 5.24. The molecule has 1 atom stereocenters. The molecule has 1 unspecified atom stereocenters. The zero-order chi connectivity index (χ0) is 8.27. The van der Waals surface area contributed by atoms with Gasteiger partial charge in [0.05, 0.1) is 6.10 Å². The van der Waals surface area contributed by atoms with Gasteiger partial charge in [-0.2, -0.15) is 0 Å². The van der Waals surface area contributed by atoms with Crippen LogP contribution in [-0.2, 0) is 4.79 Å². The van der Waals surface area contributed by atoms with Gasteiger partial charge in [-0.1, -0.05) is 12.2 Å². The van der Waals surface area contributed by atoms with Gasteiger partial charge in [0.15, 0.2) is 0 Å². The first-order valence-corrected chi connectivity index (χ1v) is 4.07. The number of Topliss-reactive ketones (excluding diaryl/α,β-unsaturated/α-hetero) is 1. The third kappa shape index (κ3) is 2.85. The highest BCUT2D eigenvalue weighted by atomic mass is 16.3. The van der Waals surface area contributed by atoms with Crippen LogP contribution in [0.3, 0.4) is 0 Å². The fourth-order valence-corrected chi connectivity index (χ4v) is 1.07. The summed E-state index contributed by atoms with van der Waals surface area (Å²) < 4.78 is 0. The van der Waals surface area contributed by atoms with Crippen molar-refractivity contribution < 1.29 is 9.90 Å². The van der Waals surface area contributed by atoms with Crippen LogP contribution >= 0.6 is 0 Å². The quantitative estimate of drug-likeness (QED) is 0.619. The molecule has 1 aliphatic carbocycles. The monoisotopic (exact) mass is 154 g/mol. The van der Waals surface area contributed by atoms with Gasteiger partial charge in [0.2, 0.25) is 0 Å². The maximum atomic E-state index is 11.1. The molecule has 11 heavy (non-hydrogen) atoms. The van der Waals surface area contributed by atoms with Crippen molar-refractivity contribution in [3.8, 4) is 0 Å². The Bertz CT molecular complexity index is 168. The molecule has 0 amide bonds. The molecule has 0 aromatic rings. The van der Waals surface area contributed by atoms with Gasteiger partial charge in [0.1, 0.15) is 5.78 Å². The summed E-state index contributed by atoms with van der Waals surface area (Å²) >= 11 is 0. The summed E-state index contributed by atoms with van der Waals surface area (Å²) in [5, 5.41) is 9.19. The lowest BCUT2D eigenvalue weighted by Gasteiger charge is -2.02. The minimum absolute atomic E-state index is 0.218. The van der Waals surface area contributed by atoms with Crippen LogP contribution in [0.5, 0.6) is 0 Å². The van der Waals surface area contributed by atoms with E-state index in [2.05, 4.69) is 0 Å². The largest absolute Gasteiger partial charge is 0.389 e. The Morgan fingerprint density at radius 3 is 2.82 bits per heavy atom. The van der Waals surface area contributed by atoms with Gasteiger partial charge >= 0.3 is 0 Å². The van der Waals surface area contributed by atoms with Crippen LogP contribution in [-0.4, -0.2) is 17.0 Å². The second kappa shape index (κ2) is 3.67. The SMILES string of the molecule is C/C=C/C(O)CC(=O)C1CC1. The number of carbonyl (C=O) groups excluding carboxylic acids is 1. The van der Waals surface area contributed by atoms with Crippen molar-refractivity contribution in [3.63, 3.8) is 0 Å². The predicted molar refractivity (Wildman–Crippen MR) is 43.2 cm³/mol. The van der Waals surface area contributed by atoms with Gasteiger partial charge in [-0.15, -0.1) is 0 Å². The molecule has 1 fully saturated rings. The number of hydrogen-bond donors (Lipinski definition) is 1. The molecule has 0 heterocycles. The van der Waals surface area contributed by atoms with Crippen molar-refractivity contribution in [1.82, 2.24) is 0 Å². The van der Waals surface area contributed by atoms with Gasteiger partial charge in [-0.3, -0.25) is 4.79 Å². The van der Waals surface area contributed by atoms with Gasteiger partial charge in [0, 0.05) is 12.3 Å². The molecular formula is C9H14O2. The summed E-state index contributed by atoms with van der Waals surface area (Å²) in [5.74, 6) is 0.491. The van der Waals surface area contributed by atoms with E-state index in [1.807, 2.05) is 6.92 Å². The van der Waals surface area contributed by atoms with Crippen LogP contribution in [0.2, 0.25) is 0 Å². The molecule has 1 saturated carbocycles. The lowest BCUT2D eigenvalue weighted by Crippen LogP contribution is -2.11. The summed E-state index contributed by atoms with van der Waals surface area (Å²) in [4.78, 5) is 11.1. The molecule has 1 aliphatic rings. The van der Waals surface area contributed by atoms with Crippen LogP contribution in [0.25, 0.3) is 0 Å². The number of allylic oxidation sites excluding steroid dienone is 1. The minimum atomic E-state index is -0.562. The molecule has 2 nitrogen and oxygen atoms in total. The van der Waals surface area contributed by atoms with Crippen molar-refractivity contribution in [3.05, 3.63) is 12.2 Å². The molecule has 62 valence electrons. The normalized spacial score (nSPS) is 20.5. The van der Waals surface area contributed by atoms with Gasteiger partial charge in [-0.25, -0.2) is 0 Å². The standard InChI is InChI=1S/C9H14O2/c1-2-3-8(10)6-9(11)7-4-5-7/h2-3,7-8,10H,4-6H2,1H3/b3-2+. The van der Waals surface area contributed by atoms with Crippen LogP contribution in [0, 0.1) is 5.92 Å². The van der Waals surface area contributed by atoms with Crippen molar-refractivity contribution in [1.29, 1.82) is 0 Å². The molecule has 0 aliphatic heterocycles. The number of rotatable bonds is 4. The topological polar surface area (TPSA) is 37.3 Å². The Balaban J connectivity index is 2.22. The van der Waals surface area contributed by atoms with E-state index < -0.39 is 6.10 Å². The first-order valence-electron chi connectivity index (χ1n) is 4.07. The predicted octanol–water partition coefficient (Wildman–Crippen LogP) is 1.29. The second-order valence-corrected chi connectivity index (χ2v) is 3.04. The fraction of sp³-hybridized carbons (Fsp3) is 0.667. The summed E-state index contributed by atoms with van der Waals surface area (Å²) in [6.07, 6.45) is 5.22. The van der Waals surface area contributed by atoms with Crippen molar-refractivity contribution in [2.45, 2.75) is 32.3 Å². The Hall–Kier alpha value is -0.630. The van der Waals surface area contributed by atoms with Crippen molar-refractivity contribution in [2.75, 3.05) is 0 Å². The minimum Gasteiger partial charge on any atom is -0.389 e. The summed E-state index contributed by atoms with van der Waals surface area (Å²) in [6.45, 7) is 1.84. The highest BCUT2D eigenvalue weighted by Gasteiger charge is 2.29. The molecular weight excluding hydrogens is 140 g/mol. The highest BCUT2D eigenvalue weighted by molar-refractivity contribution is 5.83. The van der Waals surface area contributed by atoms with Crippen molar-refractivity contribution >= 4 is 5.78 Å². The first kappa shape index (κ1) is 8.47. The molecule has 0 bridgehead atoms. The number of hydrogen-bond acceptors (Lipinski definition) is 2. The molecule has 0 saturated heterocycles. The van der Waals surface area contributed by atoms with E-state index in [1.54, 1.807) is 12.2 Å². The van der Waals surface area contributed by atoms with E-state index in [-0.39, 0.29) is 11.7 Å². The fourth-order valence-electron chi connectivity index (χ4n) is 1.07. The number of aliphatic hydroxyl groups excluding tert-OH is 1. The van der Waals surface area contributed by atoms with E-state index in [0.29, 0.717) is 6.42 Å². The number of aliphatic hydroxyl groups is 1. The van der Waals surface area contributed by atoms with Crippen molar-refractivity contribution in [2.24, 2.45) is 5.92 Å². The zero-order valence-electron chi connectivity index (χ0n) is 6.79. The molecule has 1 rings (SSSR count). The lowest BCUT2D eigenvalue weighted by molar-refractivity contribution is -0.121. The maximum absolute atomic E-state index is 11.1. The van der Waals surface area contributed by atoms with Crippen LogP contribution in [0.15, 0.2) is 12.2 Å². The van der Waals surface area contributed by atoms with Crippen LogP contribution in [0.4, 0.5) is 0 Å². The highest BCUT2D eigenvalue weighted by Crippen LogP contribution is 2.31. The van der Waals surface area contributed by atoms with Crippen LogP contribution < -0.4 is 0 Å². The smallest absolute Gasteiger partial charge is 0.138 e. The lowest BCUT2D eigenvalue weighted by atomic mass is 10.1. The van der Waals surface area contributed by atoms with E-state index in [1.165, 1.54) is 0 Å². The maximum Gasteiger partial charge on any atom is 0.138 e. The van der Waals surface area contributed by atoms with E-state index in [0.717, 1.165) is 12.8 Å². The molecule has 0 radical (unpaired) electrons. The zero-order valence-corrected chi connectivity index (χ0v) is 6.79. The molecule has 0 aromatic carbocycles. The average molecular weight is 154 g/mol. The molecule has 0 aromatic heterocycles. The molecule has 1 N–H and O–H groups in total. The summed E-state index contributed by atoms with van der Waals surface area (Å²) in [5.41, 5.74) is 0. The Morgan fingerprint density at radius 1 is 1.73 bits per heavy atom. The van der Waals surface area contributed by atoms with E-state index >= 15 is 0 Å². The number of carbonyl (C=O) groups is 1. The Labute approximate surface area is 66.9 Å². The van der Waals surface area contributed by atoms with Gasteiger partial charge in [0.25, 0.3) is 0 Å². The second-order valence-electron chi connectivity index (χ2n) is 3.04. The van der Waals surface area contributed by atoms with E-state index in [9.17, 15) is 9.90 Å². The Morgan fingerprint density at radius 2 is 2.36 bits per heavy atom. The number of ketones is 1. The third-order valence-electron chi connectivity index (χ3n) is 1.86. The van der Waals surface area contributed by atoms with E-state index in [4.69, 9.17) is 0 Å². The average Bonchev–Trinajstić information content (AvgIpc) is 2.67.